The van der Waals surface area contributed by atoms with E-state index in [1.807, 2.05) is 37.7 Å². The maximum Gasteiger partial charge on any atom is 0.217 e. The Labute approximate surface area is 157 Å². The highest BCUT2D eigenvalue weighted by atomic mass is 32.1. The zero-order valence-corrected chi connectivity index (χ0v) is 16.1. The molecule has 1 amide bonds. The monoisotopic (exact) mass is 375 g/mol. The van der Waals surface area contributed by atoms with Gasteiger partial charge in [-0.05, 0) is 26.2 Å². The summed E-state index contributed by atoms with van der Waals surface area (Å²) in [7, 11) is 4.02. The average Bonchev–Trinajstić information content (AvgIpc) is 3.07. The average molecular weight is 376 g/mol. The molecule has 1 unspecified atom stereocenters. The first-order valence-electron chi connectivity index (χ1n) is 8.28. The van der Waals surface area contributed by atoms with E-state index in [-0.39, 0.29) is 12.1 Å². The number of nitrogens with one attached hydrogen (secondary N) is 2. The van der Waals surface area contributed by atoms with Gasteiger partial charge in [0.15, 0.2) is 0 Å². The number of nitrogens with zero attached hydrogens (tertiary/aromatic N) is 4. The lowest BCUT2D eigenvalue weighted by molar-refractivity contribution is -0.119. The van der Waals surface area contributed by atoms with Crippen LogP contribution < -0.4 is 16.4 Å². The third-order valence-corrected chi connectivity index (χ3v) is 4.11. The first-order chi connectivity index (χ1) is 12.4. The van der Waals surface area contributed by atoms with Crippen LogP contribution in [0.1, 0.15) is 12.6 Å². The summed E-state index contributed by atoms with van der Waals surface area (Å²) in [6, 6.07) is 5.64. The van der Waals surface area contributed by atoms with Crippen LogP contribution in [0.25, 0.3) is 11.4 Å². The second-order valence-corrected chi connectivity index (χ2v) is 6.84. The highest BCUT2D eigenvalue weighted by Gasteiger charge is 2.07. The van der Waals surface area contributed by atoms with Gasteiger partial charge in [-0.15, -0.1) is 11.3 Å². The number of hydrogen-bond donors (Lipinski definition) is 3. The Morgan fingerprint density at radius 2 is 2.19 bits per heavy atom. The molecule has 1 atom stereocenters. The molecule has 2 heterocycles. The summed E-state index contributed by atoms with van der Waals surface area (Å²) in [6.07, 6.45) is 1.33. The summed E-state index contributed by atoms with van der Waals surface area (Å²) in [4.78, 5) is 26.4. The highest BCUT2D eigenvalue weighted by molar-refractivity contribution is 7.13. The Bertz CT molecular complexity index is 744. The molecular weight excluding hydrogens is 350 g/mol. The van der Waals surface area contributed by atoms with Crippen molar-refractivity contribution in [3.8, 4) is 11.4 Å². The number of aliphatic imine (C=N–C) groups is 1. The third-order valence-electron chi connectivity index (χ3n) is 3.36. The van der Waals surface area contributed by atoms with Crippen LogP contribution in [0.3, 0.4) is 0 Å². The Balaban J connectivity index is 1.95. The van der Waals surface area contributed by atoms with Gasteiger partial charge in [0.2, 0.25) is 11.0 Å². The molecule has 0 aliphatic carbocycles. The van der Waals surface area contributed by atoms with Crippen molar-refractivity contribution in [2.75, 3.05) is 27.2 Å². The Morgan fingerprint density at radius 3 is 2.92 bits per heavy atom. The van der Waals surface area contributed by atoms with Crippen molar-refractivity contribution in [2.45, 2.75) is 19.6 Å². The van der Waals surface area contributed by atoms with Crippen LogP contribution in [-0.4, -0.2) is 60.3 Å². The molecule has 8 nitrogen and oxygen atoms in total. The number of carbonyl (C=O) groups excluding carboxylic acids is 1. The molecule has 0 aliphatic rings. The SMILES string of the molecule is CC(=O)NCc1cccc(-c2csc(N=CC(N)NCCN(C)C)n2)n1. The van der Waals surface area contributed by atoms with E-state index < -0.39 is 0 Å². The van der Waals surface area contributed by atoms with Crippen LogP contribution in [0.4, 0.5) is 5.13 Å². The normalized spacial score (nSPS) is 12.7. The molecule has 0 aliphatic heterocycles. The predicted molar refractivity (Wildman–Crippen MR) is 106 cm³/mol. The Morgan fingerprint density at radius 1 is 1.38 bits per heavy atom. The van der Waals surface area contributed by atoms with E-state index in [1.165, 1.54) is 18.3 Å². The fourth-order valence-corrected chi connectivity index (χ4v) is 2.69. The van der Waals surface area contributed by atoms with Crippen molar-refractivity contribution < 1.29 is 4.79 Å². The van der Waals surface area contributed by atoms with Crippen molar-refractivity contribution in [1.82, 2.24) is 25.5 Å². The minimum atomic E-state index is -0.318. The number of rotatable bonds is 9. The van der Waals surface area contributed by atoms with Crippen LogP contribution in [0, 0.1) is 0 Å². The lowest BCUT2D eigenvalue weighted by Crippen LogP contribution is -2.41. The molecule has 2 aromatic heterocycles. The van der Waals surface area contributed by atoms with Gasteiger partial charge in [0, 0.05) is 31.6 Å². The van der Waals surface area contributed by atoms with Crippen molar-refractivity contribution in [2.24, 2.45) is 10.7 Å². The number of aromatic nitrogens is 2. The van der Waals surface area contributed by atoms with Crippen LogP contribution in [-0.2, 0) is 11.3 Å². The quantitative estimate of drug-likeness (QED) is 0.445. The second kappa shape index (κ2) is 10.1. The van der Waals surface area contributed by atoms with Gasteiger partial charge in [-0.1, -0.05) is 6.07 Å². The molecule has 0 aromatic carbocycles. The zero-order valence-electron chi connectivity index (χ0n) is 15.3. The molecule has 2 aromatic rings. The molecule has 0 bridgehead atoms. The lowest BCUT2D eigenvalue weighted by Gasteiger charge is -2.12. The number of carbonyl (C=O) groups is 1. The highest BCUT2D eigenvalue weighted by Crippen LogP contribution is 2.25. The molecule has 0 spiro atoms. The topological polar surface area (TPSA) is 109 Å². The molecule has 2 rings (SSSR count). The fraction of sp³-hybridized carbons (Fsp3) is 0.412. The minimum Gasteiger partial charge on any atom is -0.351 e. The lowest BCUT2D eigenvalue weighted by atomic mass is 10.2. The maximum absolute atomic E-state index is 11.0. The van der Waals surface area contributed by atoms with Crippen molar-refractivity contribution in [1.29, 1.82) is 0 Å². The molecule has 4 N–H and O–H groups in total. The van der Waals surface area contributed by atoms with Gasteiger partial charge in [-0.3, -0.25) is 10.1 Å². The number of nitrogens with two attached hydrogens (primary N) is 1. The Hall–Kier alpha value is -2.20. The van der Waals surface area contributed by atoms with Gasteiger partial charge in [-0.2, -0.15) is 0 Å². The molecule has 0 radical (unpaired) electrons. The summed E-state index contributed by atoms with van der Waals surface area (Å²) in [5.74, 6) is -0.0852. The third kappa shape index (κ3) is 6.96. The molecule has 0 saturated carbocycles. The standard InChI is InChI=1S/C17H25N7OS/c1-12(25)20-9-13-5-4-6-14(22-13)15-11-26-17(23-15)21-10-16(18)19-7-8-24(2)3/h4-6,10-11,16,19H,7-9,18H2,1-3H3,(H,20,25). The van der Waals surface area contributed by atoms with Crippen LogP contribution >= 0.6 is 11.3 Å². The van der Waals surface area contributed by atoms with E-state index in [9.17, 15) is 4.79 Å². The predicted octanol–water partition coefficient (Wildman–Crippen LogP) is 0.980. The van der Waals surface area contributed by atoms with Crippen LogP contribution in [0.15, 0.2) is 28.6 Å². The van der Waals surface area contributed by atoms with E-state index in [2.05, 4.69) is 30.5 Å². The number of amides is 1. The van der Waals surface area contributed by atoms with E-state index >= 15 is 0 Å². The first-order valence-corrected chi connectivity index (χ1v) is 9.16. The van der Waals surface area contributed by atoms with Crippen molar-refractivity contribution in [3.05, 3.63) is 29.3 Å². The summed E-state index contributed by atoms with van der Waals surface area (Å²) >= 11 is 1.43. The van der Waals surface area contributed by atoms with E-state index in [0.29, 0.717) is 11.7 Å². The maximum atomic E-state index is 11.0. The van der Waals surface area contributed by atoms with Gasteiger partial charge in [0.1, 0.15) is 5.69 Å². The van der Waals surface area contributed by atoms with Crippen LogP contribution in [0.2, 0.25) is 0 Å². The van der Waals surface area contributed by atoms with Gasteiger partial charge >= 0.3 is 0 Å². The van der Waals surface area contributed by atoms with Gasteiger partial charge in [-0.25, -0.2) is 15.0 Å². The van der Waals surface area contributed by atoms with E-state index in [4.69, 9.17) is 5.73 Å². The molecule has 26 heavy (non-hydrogen) atoms. The fourth-order valence-electron chi connectivity index (χ4n) is 2.03. The molecular formula is C17H25N7OS. The summed E-state index contributed by atoms with van der Waals surface area (Å²) < 4.78 is 0. The minimum absolute atomic E-state index is 0.0852. The summed E-state index contributed by atoms with van der Waals surface area (Å²) in [5, 5.41) is 8.43. The van der Waals surface area contributed by atoms with E-state index in [1.54, 1.807) is 6.21 Å². The van der Waals surface area contributed by atoms with Gasteiger partial charge in [0.05, 0.1) is 24.1 Å². The van der Waals surface area contributed by atoms with Gasteiger partial charge in [0.25, 0.3) is 0 Å². The summed E-state index contributed by atoms with van der Waals surface area (Å²) in [6.45, 7) is 3.57. The van der Waals surface area contributed by atoms with Crippen LogP contribution in [0.5, 0.6) is 0 Å². The zero-order chi connectivity index (χ0) is 18.9. The molecule has 140 valence electrons. The first kappa shape index (κ1) is 20.1. The number of thiazole rings is 1. The molecule has 0 fully saturated rings. The molecule has 0 saturated heterocycles. The smallest absolute Gasteiger partial charge is 0.217 e. The summed E-state index contributed by atoms with van der Waals surface area (Å²) in [5.41, 5.74) is 8.23. The number of likely N-dealkylation sites (N-methyl/N-ethyl adjacent to an activating group) is 1. The van der Waals surface area contributed by atoms with Gasteiger partial charge < -0.3 is 16.0 Å². The number of hydrogen-bond acceptors (Lipinski definition) is 8. The van der Waals surface area contributed by atoms with E-state index in [0.717, 1.165) is 30.2 Å². The second-order valence-electron chi connectivity index (χ2n) is 6.00. The van der Waals surface area contributed by atoms with Crippen molar-refractivity contribution >= 4 is 28.6 Å². The largest absolute Gasteiger partial charge is 0.351 e. The Kier molecular flexibility index (Phi) is 7.79. The van der Waals surface area contributed by atoms with Crippen molar-refractivity contribution in [3.63, 3.8) is 0 Å². The number of pyridine rings is 1. The molecule has 9 heteroatoms.